The summed E-state index contributed by atoms with van der Waals surface area (Å²) in [4.78, 5) is 12.2. The number of anilines is 1. The summed E-state index contributed by atoms with van der Waals surface area (Å²) in [5, 5.41) is 14.3. The van der Waals surface area contributed by atoms with E-state index in [9.17, 15) is 9.18 Å². The first kappa shape index (κ1) is 14.3. The summed E-state index contributed by atoms with van der Waals surface area (Å²) < 4.78 is 13.2. The van der Waals surface area contributed by atoms with Gasteiger partial charge in [-0.3, -0.25) is 4.79 Å². The van der Waals surface area contributed by atoms with Crippen LogP contribution in [-0.2, 0) is 4.79 Å². The van der Waals surface area contributed by atoms with Crippen LogP contribution in [0.1, 0.15) is 37.7 Å². The molecule has 1 amide bonds. The van der Waals surface area contributed by atoms with Crippen LogP contribution in [0.5, 0.6) is 0 Å². The van der Waals surface area contributed by atoms with Gasteiger partial charge in [0.05, 0.1) is 5.69 Å². The SMILES string of the molecule is N/C(=N/O)c1cc(F)ccc1NC(=O)C1CCCCC1. The van der Waals surface area contributed by atoms with Crippen molar-refractivity contribution in [2.45, 2.75) is 32.1 Å². The van der Waals surface area contributed by atoms with Crippen molar-refractivity contribution in [1.29, 1.82) is 0 Å². The highest BCUT2D eigenvalue weighted by molar-refractivity contribution is 6.05. The molecule has 5 nitrogen and oxygen atoms in total. The van der Waals surface area contributed by atoms with Crippen LogP contribution in [0.4, 0.5) is 10.1 Å². The zero-order valence-corrected chi connectivity index (χ0v) is 11.1. The highest BCUT2D eigenvalue weighted by atomic mass is 19.1. The minimum Gasteiger partial charge on any atom is -0.409 e. The van der Waals surface area contributed by atoms with Gasteiger partial charge >= 0.3 is 0 Å². The number of halogens is 1. The molecule has 2 rings (SSSR count). The second-order valence-electron chi connectivity index (χ2n) is 5.00. The number of hydrogen-bond donors (Lipinski definition) is 3. The van der Waals surface area contributed by atoms with Crippen LogP contribution in [0.3, 0.4) is 0 Å². The summed E-state index contributed by atoms with van der Waals surface area (Å²) in [5.74, 6) is -0.858. The number of nitrogens with one attached hydrogen (secondary N) is 1. The molecule has 4 N–H and O–H groups in total. The van der Waals surface area contributed by atoms with Gasteiger partial charge in [0.2, 0.25) is 5.91 Å². The highest BCUT2D eigenvalue weighted by Crippen LogP contribution is 2.26. The summed E-state index contributed by atoms with van der Waals surface area (Å²) in [5.41, 5.74) is 6.04. The third-order valence-corrected chi connectivity index (χ3v) is 3.60. The van der Waals surface area contributed by atoms with Gasteiger partial charge in [0.25, 0.3) is 0 Å². The van der Waals surface area contributed by atoms with Crippen LogP contribution in [0.25, 0.3) is 0 Å². The zero-order valence-electron chi connectivity index (χ0n) is 11.1. The maximum atomic E-state index is 13.2. The average Bonchev–Trinajstić information content (AvgIpc) is 2.49. The number of benzene rings is 1. The smallest absolute Gasteiger partial charge is 0.227 e. The highest BCUT2D eigenvalue weighted by Gasteiger charge is 2.22. The molecule has 0 bridgehead atoms. The molecule has 6 heteroatoms. The van der Waals surface area contributed by atoms with Gasteiger partial charge in [-0.15, -0.1) is 0 Å². The molecule has 0 unspecified atom stereocenters. The van der Waals surface area contributed by atoms with Gasteiger partial charge in [0.1, 0.15) is 5.82 Å². The lowest BCUT2D eigenvalue weighted by atomic mass is 9.88. The summed E-state index contributed by atoms with van der Waals surface area (Å²) >= 11 is 0. The van der Waals surface area contributed by atoms with Gasteiger partial charge in [0, 0.05) is 11.5 Å². The minimum atomic E-state index is -0.512. The van der Waals surface area contributed by atoms with E-state index in [0.29, 0.717) is 5.69 Å². The van der Waals surface area contributed by atoms with Crippen LogP contribution in [0, 0.1) is 11.7 Å². The Bertz CT molecular complexity index is 525. The maximum Gasteiger partial charge on any atom is 0.227 e. The number of amidine groups is 1. The van der Waals surface area contributed by atoms with Crippen molar-refractivity contribution in [3.05, 3.63) is 29.6 Å². The number of nitrogens with zero attached hydrogens (tertiary/aromatic N) is 1. The predicted octanol–water partition coefficient (Wildman–Crippen LogP) is 2.44. The topological polar surface area (TPSA) is 87.7 Å². The molecule has 0 aliphatic heterocycles. The van der Waals surface area contributed by atoms with Gasteiger partial charge < -0.3 is 16.3 Å². The molecule has 1 aromatic carbocycles. The van der Waals surface area contributed by atoms with Gasteiger partial charge in [-0.1, -0.05) is 24.4 Å². The lowest BCUT2D eigenvalue weighted by Crippen LogP contribution is -2.26. The van der Waals surface area contributed by atoms with Crippen LogP contribution >= 0.6 is 0 Å². The summed E-state index contributed by atoms with van der Waals surface area (Å²) in [6.45, 7) is 0. The molecule has 1 fully saturated rings. The first-order chi connectivity index (χ1) is 9.61. The van der Waals surface area contributed by atoms with E-state index in [2.05, 4.69) is 10.5 Å². The Labute approximate surface area is 116 Å². The third kappa shape index (κ3) is 3.26. The fraction of sp³-hybridized carbons (Fsp3) is 0.429. The molecule has 0 spiro atoms. The molecule has 0 saturated heterocycles. The van der Waals surface area contributed by atoms with Crippen molar-refractivity contribution in [3.63, 3.8) is 0 Å². The second-order valence-corrected chi connectivity index (χ2v) is 5.00. The van der Waals surface area contributed by atoms with Crippen molar-refractivity contribution < 1.29 is 14.4 Å². The van der Waals surface area contributed by atoms with E-state index in [1.54, 1.807) is 0 Å². The Morgan fingerprint density at radius 3 is 2.70 bits per heavy atom. The van der Waals surface area contributed by atoms with E-state index in [0.717, 1.165) is 38.2 Å². The Kier molecular flexibility index (Phi) is 4.55. The van der Waals surface area contributed by atoms with E-state index in [4.69, 9.17) is 10.9 Å². The quantitative estimate of drug-likeness (QED) is 0.344. The largest absolute Gasteiger partial charge is 0.409 e. The monoisotopic (exact) mass is 279 g/mol. The normalized spacial score (nSPS) is 16.9. The van der Waals surface area contributed by atoms with Crippen molar-refractivity contribution in [2.24, 2.45) is 16.8 Å². The lowest BCUT2D eigenvalue weighted by molar-refractivity contribution is -0.120. The number of hydrogen-bond acceptors (Lipinski definition) is 3. The summed E-state index contributed by atoms with van der Waals surface area (Å²) in [6, 6.07) is 3.78. The minimum absolute atomic E-state index is 0.0195. The Morgan fingerprint density at radius 1 is 1.35 bits per heavy atom. The molecular weight excluding hydrogens is 261 g/mol. The number of oxime groups is 1. The lowest BCUT2D eigenvalue weighted by Gasteiger charge is -2.21. The molecule has 1 saturated carbocycles. The van der Waals surface area contributed by atoms with Crippen molar-refractivity contribution >= 4 is 17.4 Å². The molecule has 0 radical (unpaired) electrons. The third-order valence-electron chi connectivity index (χ3n) is 3.60. The first-order valence-electron chi connectivity index (χ1n) is 6.70. The Balaban J connectivity index is 2.18. The van der Waals surface area contributed by atoms with Gasteiger partial charge in [-0.2, -0.15) is 0 Å². The fourth-order valence-electron chi connectivity index (χ4n) is 2.49. The number of nitrogens with two attached hydrogens (primary N) is 1. The number of carbonyl (C=O) groups is 1. The molecule has 108 valence electrons. The van der Waals surface area contributed by atoms with Crippen LogP contribution in [0.15, 0.2) is 23.4 Å². The molecule has 0 atom stereocenters. The van der Waals surface area contributed by atoms with Crippen LogP contribution in [0.2, 0.25) is 0 Å². The molecule has 1 aliphatic rings. The van der Waals surface area contributed by atoms with E-state index in [1.807, 2.05) is 0 Å². The molecule has 1 aromatic rings. The van der Waals surface area contributed by atoms with Crippen molar-refractivity contribution in [3.8, 4) is 0 Å². The molecular formula is C14H18FN3O2. The zero-order chi connectivity index (χ0) is 14.5. The first-order valence-corrected chi connectivity index (χ1v) is 6.70. The van der Waals surface area contributed by atoms with Gasteiger partial charge in [-0.25, -0.2) is 4.39 Å². The molecule has 0 heterocycles. The number of amides is 1. The summed E-state index contributed by atoms with van der Waals surface area (Å²) in [7, 11) is 0. The fourth-order valence-corrected chi connectivity index (χ4v) is 2.49. The standard InChI is InChI=1S/C14H18FN3O2/c15-10-6-7-12(11(8-10)13(16)18-20)17-14(19)9-4-2-1-3-5-9/h6-9,20H,1-5H2,(H2,16,18)(H,17,19). The van der Waals surface area contributed by atoms with E-state index < -0.39 is 5.82 Å². The van der Waals surface area contributed by atoms with Crippen molar-refractivity contribution in [2.75, 3.05) is 5.32 Å². The van der Waals surface area contributed by atoms with Crippen LogP contribution in [-0.4, -0.2) is 17.0 Å². The van der Waals surface area contributed by atoms with Crippen LogP contribution < -0.4 is 11.1 Å². The maximum absolute atomic E-state index is 13.2. The number of carbonyl (C=O) groups excluding carboxylic acids is 1. The van der Waals surface area contributed by atoms with E-state index in [1.165, 1.54) is 12.1 Å². The van der Waals surface area contributed by atoms with Gasteiger partial charge in [0.15, 0.2) is 5.84 Å². The van der Waals surface area contributed by atoms with Crippen molar-refractivity contribution in [1.82, 2.24) is 0 Å². The average molecular weight is 279 g/mol. The Morgan fingerprint density at radius 2 is 2.05 bits per heavy atom. The molecule has 0 aromatic heterocycles. The van der Waals surface area contributed by atoms with E-state index >= 15 is 0 Å². The van der Waals surface area contributed by atoms with Gasteiger partial charge in [-0.05, 0) is 31.0 Å². The van der Waals surface area contributed by atoms with E-state index in [-0.39, 0.29) is 23.2 Å². The summed E-state index contributed by atoms with van der Waals surface area (Å²) in [6.07, 6.45) is 5.00. The predicted molar refractivity (Wildman–Crippen MR) is 74.1 cm³/mol. The molecule has 1 aliphatic carbocycles. The second kappa shape index (κ2) is 6.36. The Hall–Kier alpha value is -2.11. The number of rotatable bonds is 3. The molecule has 20 heavy (non-hydrogen) atoms.